The second-order valence-corrected chi connectivity index (χ2v) is 17.6. The molecule has 0 saturated heterocycles. The average molecular weight is 885 g/mol. The van der Waals surface area contributed by atoms with Crippen molar-refractivity contribution < 1.29 is 13.6 Å². The zero-order valence-electron chi connectivity index (χ0n) is 37.2. The summed E-state index contributed by atoms with van der Waals surface area (Å²) in [4.78, 5) is 4.61. The van der Waals surface area contributed by atoms with Crippen LogP contribution >= 0.6 is 0 Å². The monoisotopic (exact) mass is 884 g/mol. The maximum Gasteiger partial charge on any atom is 0.160 e. The van der Waals surface area contributed by atoms with Crippen LogP contribution in [0.2, 0.25) is 0 Å². The van der Waals surface area contributed by atoms with Crippen molar-refractivity contribution in [2.75, 3.05) is 9.80 Å². The van der Waals surface area contributed by atoms with Gasteiger partial charge < -0.3 is 23.4 Å². The smallest absolute Gasteiger partial charge is 0.160 e. The molecule has 0 N–H and O–H groups in total. The van der Waals surface area contributed by atoms with Gasteiger partial charge in [0.1, 0.15) is 22.3 Å². The van der Waals surface area contributed by atoms with Gasteiger partial charge in [0.15, 0.2) is 11.5 Å². The highest BCUT2D eigenvalue weighted by Gasteiger charge is 2.30. The first kappa shape index (κ1) is 38.9. The molecule has 3 heterocycles. The highest BCUT2D eigenvalue weighted by molar-refractivity contribution is 6.12. The number of para-hydroxylation sites is 7. The molecule has 0 saturated carbocycles. The molecule has 69 heavy (non-hydrogen) atoms. The van der Waals surface area contributed by atoms with Crippen LogP contribution in [0.4, 0.5) is 34.1 Å². The van der Waals surface area contributed by atoms with E-state index < -0.39 is 0 Å². The van der Waals surface area contributed by atoms with E-state index in [0.29, 0.717) is 0 Å². The lowest BCUT2D eigenvalue weighted by atomic mass is 9.93. The Morgan fingerprint density at radius 1 is 0.275 bits per heavy atom. The van der Waals surface area contributed by atoms with Crippen LogP contribution in [-0.2, 0) is 0 Å². The van der Waals surface area contributed by atoms with Crippen molar-refractivity contribution in [3.05, 3.63) is 243 Å². The minimum absolute atomic E-state index is 0.784. The third kappa shape index (κ3) is 6.25. The summed E-state index contributed by atoms with van der Waals surface area (Å²) in [6.07, 6.45) is 0. The van der Waals surface area contributed by atoms with E-state index >= 15 is 0 Å². The number of fused-ring (bicyclic) bond motifs is 8. The molecule has 13 aromatic rings. The van der Waals surface area contributed by atoms with Gasteiger partial charge in [-0.2, -0.15) is 0 Å². The lowest BCUT2D eigenvalue weighted by Gasteiger charge is -2.33. The van der Waals surface area contributed by atoms with E-state index in [1.54, 1.807) is 0 Å². The SMILES string of the molecule is c1ccc(N(c2ccc(-c3cccc4c3oc3ccccc34)cc2)c2cccc3c2Oc2c(N(c4ccccc4)c4ccc(-c5cccc6c5oc5ccccc56)cc4)ccc4cccc-3c24)cc1. The Morgan fingerprint density at radius 2 is 0.710 bits per heavy atom. The number of furan rings is 2. The second kappa shape index (κ2) is 15.7. The van der Waals surface area contributed by atoms with E-state index in [1.165, 1.54) is 0 Å². The Bertz CT molecular complexity index is 4100. The molecular formula is C64H40N2O3. The topological polar surface area (TPSA) is 42.0 Å². The summed E-state index contributed by atoms with van der Waals surface area (Å²) >= 11 is 0. The third-order valence-electron chi connectivity index (χ3n) is 13.7. The van der Waals surface area contributed by atoms with E-state index in [4.69, 9.17) is 13.6 Å². The number of rotatable bonds is 8. The molecule has 1 aliphatic heterocycles. The fourth-order valence-electron chi connectivity index (χ4n) is 10.5. The number of anilines is 6. The van der Waals surface area contributed by atoms with Crippen LogP contribution in [0.3, 0.4) is 0 Å². The van der Waals surface area contributed by atoms with Gasteiger partial charge in [-0.05, 0) is 94.9 Å². The molecule has 324 valence electrons. The summed E-state index contributed by atoms with van der Waals surface area (Å²) in [5, 5.41) is 6.65. The first-order valence-electron chi connectivity index (χ1n) is 23.3. The molecule has 14 rings (SSSR count). The van der Waals surface area contributed by atoms with Crippen molar-refractivity contribution in [2.45, 2.75) is 0 Å². The number of hydrogen-bond acceptors (Lipinski definition) is 5. The van der Waals surface area contributed by atoms with Gasteiger partial charge in [-0.3, -0.25) is 0 Å². The molecular weight excluding hydrogens is 845 g/mol. The lowest BCUT2D eigenvalue weighted by molar-refractivity contribution is 0.489. The number of benzene rings is 11. The van der Waals surface area contributed by atoms with Crippen LogP contribution in [0.5, 0.6) is 11.5 Å². The lowest BCUT2D eigenvalue weighted by Crippen LogP contribution is -2.14. The van der Waals surface area contributed by atoms with Gasteiger partial charge in [0.2, 0.25) is 0 Å². The Balaban J connectivity index is 0.898. The van der Waals surface area contributed by atoms with Crippen molar-refractivity contribution in [2.24, 2.45) is 0 Å². The maximum absolute atomic E-state index is 7.49. The summed E-state index contributed by atoms with van der Waals surface area (Å²) in [5.41, 5.74) is 15.9. The van der Waals surface area contributed by atoms with E-state index in [2.05, 4.69) is 228 Å². The van der Waals surface area contributed by atoms with Crippen LogP contribution in [0, 0.1) is 0 Å². The standard InChI is InChI=1S/C64H40N2O3/c1-3-16-44(17-4-1)65(46-36-31-41(32-37-46)48-22-12-25-53-50-20-7-9-29-58(50)67-61(48)53)56-28-14-27-55-52-24-11-15-43-35-40-57(64(60(43)52)69-63(55)56)66(45-18-5-2-6-19-45)47-38-33-42(34-39-47)49-23-13-26-54-51-21-8-10-30-59(51)68-62(49)54/h1-40H. The highest BCUT2D eigenvalue weighted by Crippen LogP contribution is 2.57. The highest BCUT2D eigenvalue weighted by atomic mass is 16.5. The van der Waals surface area contributed by atoms with Gasteiger partial charge in [-0.1, -0.05) is 170 Å². The van der Waals surface area contributed by atoms with Crippen LogP contribution in [0.25, 0.3) is 88.0 Å². The van der Waals surface area contributed by atoms with Crippen molar-refractivity contribution in [1.29, 1.82) is 0 Å². The van der Waals surface area contributed by atoms with E-state index in [1.807, 2.05) is 24.3 Å². The van der Waals surface area contributed by atoms with Gasteiger partial charge in [0.25, 0.3) is 0 Å². The summed E-state index contributed by atoms with van der Waals surface area (Å²) in [6, 6.07) is 85.4. The van der Waals surface area contributed by atoms with Crippen LogP contribution < -0.4 is 14.5 Å². The first-order valence-corrected chi connectivity index (χ1v) is 23.3. The van der Waals surface area contributed by atoms with E-state index in [-0.39, 0.29) is 0 Å². The molecule has 0 aliphatic carbocycles. The van der Waals surface area contributed by atoms with Gasteiger partial charge in [0, 0.05) is 66.4 Å². The van der Waals surface area contributed by atoms with Gasteiger partial charge in [-0.15, -0.1) is 0 Å². The number of hydrogen-bond donors (Lipinski definition) is 0. The fourth-order valence-corrected chi connectivity index (χ4v) is 10.5. The summed E-state index contributed by atoms with van der Waals surface area (Å²) < 4.78 is 20.4. The van der Waals surface area contributed by atoms with E-state index in [0.717, 1.165) is 134 Å². The zero-order chi connectivity index (χ0) is 45.4. The van der Waals surface area contributed by atoms with Gasteiger partial charge in [-0.25, -0.2) is 0 Å². The molecule has 0 spiro atoms. The summed E-state index contributed by atoms with van der Waals surface area (Å²) in [6.45, 7) is 0. The number of ether oxygens (including phenoxy) is 1. The van der Waals surface area contributed by atoms with Crippen LogP contribution in [0.15, 0.2) is 251 Å². The number of nitrogens with zero attached hydrogens (tertiary/aromatic N) is 2. The largest absolute Gasteiger partial charge is 0.455 e. The Morgan fingerprint density at radius 3 is 1.28 bits per heavy atom. The van der Waals surface area contributed by atoms with Gasteiger partial charge in [0.05, 0.1) is 11.4 Å². The predicted molar refractivity (Wildman–Crippen MR) is 284 cm³/mol. The molecule has 0 amide bonds. The third-order valence-corrected chi connectivity index (χ3v) is 13.7. The molecule has 0 fully saturated rings. The molecule has 5 heteroatoms. The van der Waals surface area contributed by atoms with Crippen LogP contribution in [0.1, 0.15) is 0 Å². The van der Waals surface area contributed by atoms with Crippen molar-refractivity contribution in [3.8, 4) is 44.9 Å². The predicted octanol–water partition coefficient (Wildman–Crippen LogP) is 18.7. The van der Waals surface area contributed by atoms with Crippen LogP contribution in [-0.4, -0.2) is 0 Å². The molecule has 2 aromatic heterocycles. The first-order chi connectivity index (χ1) is 34.2. The quantitative estimate of drug-likeness (QED) is 0.152. The fraction of sp³-hybridized carbons (Fsp3) is 0. The summed E-state index contributed by atoms with van der Waals surface area (Å²) in [5.74, 6) is 1.58. The summed E-state index contributed by atoms with van der Waals surface area (Å²) in [7, 11) is 0. The maximum atomic E-state index is 7.49. The van der Waals surface area contributed by atoms with Crippen molar-refractivity contribution in [3.63, 3.8) is 0 Å². The van der Waals surface area contributed by atoms with Crippen molar-refractivity contribution >= 4 is 88.8 Å². The molecule has 0 unspecified atom stereocenters. The zero-order valence-corrected chi connectivity index (χ0v) is 37.2. The normalized spacial score (nSPS) is 11.9. The second-order valence-electron chi connectivity index (χ2n) is 17.6. The Hall–Kier alpha value is -9.32. The minimum Gasteiger partial charge on any atom is -0.455 e. The Kier molecular flexibility index (Phi) is 8.83. The Labute approximate surface area is 397 Å². The minimum atomic E-state index is 0.784. The molecule has 0 atom stereocenters. The van der Waals surface area contributed by atoms with E-state index in [9.17, 15) is 0 Å². The molecule has 5 nitrogen and oxygen atoms in total. The van der Waals surface area contributed by atoms with Gasteiger partial charge >= 0.3 is 0 Å². The molecule has 0 bridgehead atoms. The average Bonchev–Trinajstić information content (AvgIpc) is 4.00. The molecule has 0 radical (unpaired) electrons. The molecule has 1 aliphatic rings. The van der Waals surface area contributed by atoms with Crippen molar-refractivity contribution in [1.82, 2.24) is 0 Å². The molecule has 11 aromatic carbocycles.